The van der Waals surface area contributed by atoms with Crippen LogP contribution >= 0.6 is 0 Å². The number of rotatable bonds is 5. The number of para-hydroxylation sites is 3. The third kappa shape index (κ3) is 4.60. The van der Waals surface area contributed by atoms with Gasteiger partial charge in [0.05, 0.1) is 11.1 Å². The normalized spacial score (nSPS) is 11.9. The molecule has 0 saturated carbocycles. The van der Waals surface area contributed by atoms with Gasteiger partial charge in [0.15, 0.2) is 5.58 Å². The van der Waals surface area contributed by atoms with E-state index in [0.29, 0.717) is 0 Å². The van der Waals surface area contributed by atoms with Crippen LogP contribution in [-0.4, -0.2) is 0 Å². The summed E-state index contributed by atoms with van der Waals surface area (Å²) in [6.45, 7) is 0. The fourth-order valence-electron chi connectivity index (χ4n) is 8.63. The molecular formula is C52H31NO3. The van der Waals surface area contributed by atoms with E-state index in [1.165, 1.54) is 5.56 Å². The molecule has 0 saturated heterocycles. The van der Waals surface area contributed by atoms with E-state index < -0.39 is 0 Å². The summed E-state index contributed by atoms with van der Waals surface area (Å²) in [5.74, 6) is 0. The minimum Gasteiger partial charge on any atom is -0.456 e. The lowest BCUT2D eigenvalue weighted by Crippen LogP contribution is -2.10. The first-order chi connectivity index (χ1) is 27.8. The van der Waals surface area contributed by atoms with Crippen molar-refractivity contribution in [3.05, 3.63) is 188 Å². The molecular weight excluding hydrogens is 687 g/mol. The number of hydrogen-bond donors (Lipinski definition) is 0. The smallest absolute Gasteiger partial charge is 0.159 e. The zero-order valence-corrected chi connectivity index (χ0v) is 30.1. The standard InChI is InChI=1S/C52H31NO3/c1-2-10-32(11-3-1)33-20-25-36(26-21-33)53(45-18-9-17-41-42-29-24-34-12-4-5-13-38(34)50(42)55-51(41)45)37-27-22-35(23-28-37)39-15-8-16-40-43-30-31-47-48(52(43)56-49(39)40)44-14-6-7-19-46(44)54-47/h1-31H. The second-order valence-corrected chi connectivity index (χ2v) is 14.4. The molecule has 0 spiro atoms. The lowest BCUT2D eigenvalue weighted by Gasteiger charge is -2.26. The first-order valence-corrected chi connectivity index (χ1v) is 18.9. The predicted octanol–water partition coefficient (Wildman–Crippen LogP) is 15.3. The van der Waals surface area contributed by atoms with Gasteiger partial charge >= 0.3 is 0 Å². The van der Waals surface area contributed by atoms with E-state index in [2.05, 4.69) is 175 Å². The third-order valence-electron chi connectivity index (χ3n) is 11.3. The fourth-order valence-corrected chi connectivity index (χ4v) is 8.63. The molecule has 4 heteroatoms. The zero-order valence-electron chi connectivity index (χ0n) is 30.1. The van der Waals surface area contributed by atoms with Crippen molar-refractivity contribution in [2.24, 2.45) is 0 Å². The van der Waals surface area contributed by atoms with Crippen molar-refractivity contribution in [2.45, 2.75) is 0 Å². The van der Waals surface area contributed by atoms with E-state index >= 15 is 0 Å². The minimum absolute atomic E-state index is 0.827. The number of hydrogen-bond acceptors (Lipinski definition) is 4. The van der Waals surface area contributed by atoms with Gasteiger partial charge in [0.25, 0.3) is 0 Å². The first-order valence-electron chi connectivity index (χ1n) is 18.9. The molecule has 0 aliphatic carbocycles. The quantitative estimate of drug-likeness (QED) is 0.178. The summed E-state index contributed by atoms with van der Waals surface area (Å²) in [5, 5.41) is 8.69. The van der Waals surface area contributed by atoms with Crippen molar-refractivity contribution in [3.8, 4) is 22.3 Å². The monoisotopic (exact) mass is 717 g/mol. The van der Waals surface area contributed by atoms with Crippen LogP contribution in [0.25, 0.3) is 98.8 Å². The molecule has 0 fully saturated rings. The van der Waals surface area contributed by atoms with Crippen molar-refractivity contribution in [3.63, 3.8) is 0 Å². The SMILES string of the molecule is c1ccc(-c2ccc(N(c3ccc(-c4cccc5c4oc4c5ccc5oc6ccccc6c54)cc3)c3cccc4c3oc3c5ccccc5ccc43)cc2)cc1. The number of furan rings is 3. The van der Waals surface area contributed by atoms with Gasteiger partial charge in [-0.1, -0.05) is 133 Å². The van der Waals surface area contributed by atoms with Crippen LogP contribution in [0, 0.1) is 0 Å². The summed E-state index contributed by atoms with van der Waals surface area (Å²) in [7, 11) is 0. The number of benzene rings is 9. The Morgan fingerprint density at radius 1 is 0.304 bits per heavy atom. The van der Waals surface area contributed by atoms with Gasteiger partial charge in [-0.05, 0) is 76.7 Å². The molecule has 56 heavy (non-hydrogen) atoms. The van der Waals surface area contributed by atoms with Crippen molar-refractivity contribution in [1.29, 1.82) is 0 Å². The molecule has 3 heterocycles. The van der Waals surface area contributed by atoms with Crippen LogP contribution < -0.4 is 4.90 Å². The number of fused-ring (bicyclic) bond motifs is 12. The van der Waals surface area contributed by atoms with E-state index in [-0.39, 0.29) is 0 Å². The summed E-state index contributed by atoms with van der Waals surface area (Å²) in [6, 6.07) is 66.0. The molecule has 0 amide bonds. The highest BCUT2D eigenvalue weighted by atomic mass is 16.3. The van der Waals surface area contributed by atoms with Gasteiger partial charge in [0.1, 0.15) is 27.9 Å². The molecule has 0 atom stereocenters. The van der Waals surface area contributed by atoms with Crippen LogP contribution in [0.2, 0.25) is 0 Å². The molecule has 0 aliphatic heterocycles. The summed E-state index contributed by atoms with van der Waals surface area (Å²) >= 11 is 0. The average molecular weight is 718 g/mol. The number of nitrogens with zero attached hydrogens (tertiary/aromatic N) is 1. The highest BCUT2D eigenvalue weighted by Crippen LogP contribution is 2.46. The van der Waals surface area contributed by atoms with Crippen molar-refractivity contribution < 1.29 is 13.3 Å². The van der Waals surface area contributed by atoms with Gasteiger partial charge in [-0.25, -0.2) is 0 Å². The Bertz CT molecular complexity index is 3460. The van der Waals surface area contributed by atoms with Crippen molar-refractivity contribution in [2.75, 3.05) is 4.90 Å². The van der Waals surface area contributed by atoms with Gasteiger partial charge in [-0.2, -0.15) is 0 Å². The highest BCUT2D eigenvalue weighted by Gasteiger charge is 2.22. The van der Waals surface area contributed by atoms with Crippen molar-refractivity contribution in [1.82, 2.24) is 0 Å². The van der Waals surface area contributed by atoms with Crippen LogP contribution in [-0.2, 0) is 0 Å². The predicted molar refractivity (Wildman–Crippen MR) is 231 cm³/mol. The summed E-state index contributed by atoms with van der Waals surface area (Å²) in [4.78, 5) is 2.30. The largest absolute Gasteiger partial charge is 0.456 e. The molecule has 3 aromatic heterocycles. The highest BCUT2D eigenvalue weighted by molar-refractivity contribution is 6.23. The van der Waals surface area contributed by atoms with Crippen LogP contribution in [0.3, 0.4) is 0 Å². The Hall–Kier alpha value is -7.56. The lowest BCUT2D eigenvalue weighted by atomic mass is 10.0. The Labute approximate surface area is 321 Å². The summed E-state index contributed by atoms with van der Waals surface area (Å²) < 4.78 is 19.9. The Kier molecular flexibility index (Phi) is 6.60. The van der Waals surface area contributed by atoms with Crippen LogP contribution in [0.4, 0.5) is 17.1 Å². The molecule has 0 bridgehead atoms. The van der Waals surface area contributed by atoms with E-state index in [4.69, 9.17) is 13.3 Å². The second kappa shape index (κ2) is 12.0. The molecule has 0 N–H and O–H groups in total. The third-order valence-corrected chi connectivity index (χ3v) is 11.3. The van der Waals surface area contributed by atoms with Crippen LogP contribution in [0.1, 0.15) is 0 Å². The molecule has 4 nitrogen and oxygen atoms in total. The summed E-state index contributed by atoms with van der Waals surface area (Å²) in [5.41, 5.74) is 12.6. The molecule has 0 unspecified atom stereocenters. The molecule has 0 radical (unpaired) electrons. The second-order valence-electron chi connectivity index (χ2n) is 14.4. The van der Waals surface area contributed by atoms with Gasteiger partial charge in [-0.3, -0.25) is 0 Å². The number of anilines is 3. The zero-order chi connectivity index (χ0) is 36.7. The molecule has 0 aliphatic rings. The van der Waals surface area contributed by atoms with E-state index in [9.17, 15) is 0 Å². The van der Waals surface area contributed by atoms with Crippen LogP contribution in [0.5, 0.6) is 0 Å². The fraction of sp³-hybridized carbons (Fsp3) is 0. The maximum Gasteiger partial charge on any atom is 0.159 e. The molecule has 12 aromatic rings. The van der Waals surface area contributed by atoms with E-state index in [1.807, 2.05) is 18.2 Å². The molecule has 9 aromatic carbocycles. The average Bonchev–Trinajstić information content (AvgIpc) is 3.96. The first kappa shape index (κ1) is 30.9. The molecule has 12 rings (SSSR count). The maximum atomic E-state index is 6.87. The van der Waals surface area contributed by atoms with E-state index in [0.717, 1.165) is 110 Å². The molecule has 262 valence electrons. The minimum atomic E-state index is 0.827. The van der Waals surface area contributed by atoms with Gasteiger partial charge < -0.3 is 18.2 Å². The summed E-state index contributed by atoms with van der Waals surface area (Å²) in [6.07, 6.45) is 0. The Morgan fingerprint density at radius 2 is 0.893 bits per heavy atom. The van der Waals surface area contributed by atoms with E-state index in [1.54, 1.807) is 0 Å². The Balaban J connectivity index is 1.02. The van der Waals surface area contributed by atoms with Crippen LogP contribution in [0.15, 0.2) is 201 Å². The van der Waals surface area contributed by atoms with Gasteiger partial charge in [0.2, 0.25) is 0 Å². The maximum absolute atomic E-state index is 6.87. The lowest BCUT2D eigenvalue weighted by molar-refractivity contribution is 0.663. The van der Waals surface area contributed by atoms with Gasteiger partial charge in [0, 0.05) is 49.3 Å². The Morgan fingerprint density at radius 3 is 1.71 bits per heavy atom. The van der Waals surface area contributed by atoms with Gasteiger partial charge in [-0.15, -0.1) is 0 Å². The topological polar surface area (TPSA) is 42.7 Å². The van der Waals surface area contributed by atoms with Crippen molar-refractivity contribution >= 4 is 93.7 Å².